The molecule has 65 valence electrons. The maximum atomic E-state index is 5.76. The Morgan fingerprint density at radius 1 is 1.33 bits per heavy atom. The van der Waals surface area contributed by atoms with Crippen LogP contribution in [0.2, 0.25) is 10.0 Å². The Hall–Kier alpha value is -0.400. The zero-order valence-electron chi connectivity index (χ0n) is 6.68. The summed E-state index contributed by atoms with van der Waals surface area (Å²) in [7, 11) is 0. The van der Waals surface area contributed by atoms with Gasteiger partial charge in [-0.1, -0.05) is 23.2 Å². The van der Waals surface area contributed by atoms with Gasteiger partial charge in [-0.2, -0.15) is 0 Å². The third kappa shape index (κ3) is 2.58. The Bertz CT molecular complexity index is 271. The molecule has 1 aromatic carbocycles. The minimum absolute atomic E-state index is 0.0951. The first-order valence-corrected chi connectivity index (χ1v) is 4.30. The molecule has 1 nitrogen and oxygen atoms in total. The SMILES string of the molecule is [CH2]C(C)Oc1ccc(Cl)c(Cl)c1. The molecule has 0 saturated heterocycles. The summed E-state index contributed by atoms with van der Waals surface area (Å²) < 4.78 is 5.30. The van der Waals surface area contributed by atoms with Gasteiger partial charge in [0.25, 0.3) is 0 Å². The molecular formula is C9H9Cl2O. The molecule has 1 radical (unpaired) electrons. The highest BCUT2D eigenvalue weighted by atomic mass is 35.5. The van der Waals surface area contributed by atoms with E-state index in [1.165, 1.54) is 0 Å². The zero-order valence-corrected chi connectivity index (χ0v) is 8.19. The second-order valence-corrected chi connectivity index (χ2v) is 3.32. The van der Waals surface area contributed by atoms with E-state index < -0.39 is 0 Å². The van der Waals surface area contributed by atoms with Gasteiger partial charge < -0.3 is 4.74 Å². The third-order valence-electron chi connectivity index (χ3n) is 1.23. The average Bonchev–Trinajstić information content (AvgIpc) is 1.96. The van der Waals surface area contributed by atoms with Gasteiger partial charge in [-0.25, -0.2) is 0 Å². The van der Waals surface area contributed by atoms with E-state index in [1.807, 2.05) is 6.92 Å². The number of benzene rings is 1. The van der Waals surface area contributed by atoms with Gasteiger partial charge in [0.1, 0.15) is 5.75 Å². The van der Waals surface area contributed by atoms with E-state index >= 15 is 0 Å². The Balaban J connectivity index is 2.82. The largest absolute Gasteiger partial charge is 0.491 e. The Kier molecular flexibility index (Phi) is 3.24. The van der Waals surface area contributed by atoms with Crippen molar-refractivity contribution in [1.82, 2.24) is 0 Å². The lowest BCUT2D eigenvalue weighted by Crippen LogP contribution is -2.05. The molecule has 1 rings (SSSR count). The van der Waals surface area contributed by atoms with E-state index in [4.69, 9.17) is 27.9 Å². The minimum atomic E-state index is -0.0951. The van der Waals surface area contributed by atoms with E-state index in [0.717, 1.165) is 0 Å². The molecule has 0 saturated carbocycles. The lowest BCUT2D eigenvalue weighted by molar-refractivity contribution is 0.267. The summed E-state index contributed by atoms with van der Waals surface area (Å²) in [5, 5.41) is 1.02. The molecule has 0 aliphatic carbocycles. The molecule has 12 heavy (non-hydrogen) atoms. The molecule has 1 unspecified atom stereocenters. The van der Waals surface area contributed by atoms with Crippen LogP contribution in [0.3, 0.4) is 0 Å². The molecule has 0 N–H and O–H groups in total. The van der Waals surface area contributed by atoms with Crippen molar-refractivity contribution in [1.29, 1.82) is 0 Å². The molecule has 0 bridgehead atoms. The van der Waals surface area contributed by atoms with E-state index in [1.54, 1.807) is 18.2 Å². The van der Waals surface area contributed by atoms with Gasteiger partial charge in [0.15, 0.2) is 0 Å². The van der Waals surface area contributed by atoms with Crippen LogP contribution in [0.15, 0.2) is 18.2 Å². The molecule has 0 aliphatic heterocycles. The Morgan fingerprint density at radius 2 is 2.00 bits per heavy atom. The maximum absolute atomic E-state index is 5.76. The molecular weight excluding hydrogens is 195 g/mol. The van der Waals surface area contributed by atoms with Crippen LogP contribution in [0.4, 0.5) is 0 Å². The number of hydrogen-bond donors (Lipinski definition) is 0. The van der Waals surface area contributed by atoms with Gasteiger partial charge in [-0.05, 0) is 26.0 Å². The van der Waals surface area contributed by atoms with Gasteiger partial charge in [-0.3, -0.25) is 0 Å². The first-order chi connectivity index (χ1) is 5.59. The molecule has 1 aromatic rings. The van der Waals surface area contributed by atoms with E-state index in [9.17, 15) is 0 Å². The summed E-state index contributed by atoms with van der Waals surface area (Å²) in [5.41, 5.74) is 0. The van der Waals surface area contributed by atoms with Crippen LogP contribution < -0.4 is 4.74 Å². The molecule has 0 fully saturated rings. The van der Waals surface area contributed by atoms with Crippen LogP contribution in [-0.2, 0) is 0 Å². The highest BCUT2D eigenvalue weighted by Gasteiger charge is 2.01. The Labute approximate surface area is 82.2 Å². The van der Waals surface area contributed by atoms with Crippen molar-refractivity contribution in [2.45, 2.75) is 13.0 Å². The van der Waals surface area contributed by atoms with Crippen molar-refractivity contribution in [2.24, 2.45) is 0 Å². The van der Waals surface area contributed by atoms with Gasteiger partial charge in [0.05, 0.1) is 16.1 Å². The van der Waals surface area contributed by atoms with E-state index in [-0.39, 0.29) is 6.10 Å². The van der Waals surface area contributed by atoms with Crippen molar-refractivity contribution >= 4 is 23.2 Å². The average molecular weight is 204 g/mol. The fraction of sp³-hybridized carbons (Fsp3) is 0.222. The van der Waals surface area contributed by atoms with Crippen LogP contribution in [0.1, 0.15) is 6.92 Å². The van der Waals surface area contributed by atoms with Crippen molar-refractivity contribution < 1.29 is 4.74 Å². The number of ether oxygens (including phenoxy) is 1. The standard InChI is InChI=1S/C9H9Cl2O/c1-6(2)12-7-3-4-8(10)9(11)5-7/h3-6H,1H2,2H3. The van der Waals surface area contributed by atoms with E-state index in [2.05, 4.69) is 6.92 Å². The molecule has 0 aromatic heterocycles. The summed E-state index contributed by atoms with van der Waals surface area (Å²) in [6, 6.07) is 5.13. The molecule has 0 spiro atoms. The van der Waals surface area contributed by atoms with Crippen molar-refractivity contribution in [2.75, 3.05) is 0 Å². The molecule has 0 aliphatic rings. The van der Waals surface area contributed by atoms with Crippen LogP contribution in [-0.4, -0.2) is 6.10 Å². The van der Waals surface area contributed by atoms with Gasteiger partial charge in [0, 0.05) is 6.07 Å². The fourth-order valence-electron chi connectivity index (χ4n) is 0.782. The smallest absolute Gasteiger partial charge is 0.121 e. The first kappa shape index (κ1) is 9.69. The topological polar surface area (TPSA) is 9.23 Å². The van der Waals surface area contributed by atoms with Gasteiger partial charge >= 0.3 is 0 Å². The fourth-order valence-corrected chi connectivity index (χ4v) is 1.07. The minimum Gasteiger partial charge on any atom is -0.491 e. The molecule has 0 heterocycles. The summed E-state index contributed by atoms with van der Waals surface area (Å²) in [6.45, 7) is 5.54. The Morgan fingerprint density at radius 3 is 2.50 bits per heavy atom. The first-order valence-electron chi connectivity index (χ1n) is 3.54. The predicted octanol–water partition coefficient (Wildman–Crippen LogP) is 3.59. The van der Waals surface area contributed by atoms with Crippen molar-refractivity contribution in [3.63, 3.8) is 0 Å². The van der Waals surface area contributed by atoms with Gasteiger partial charge in [-0.15, -0.1) is 0 Å². The number of hydrogen-bond acceptors (Lipinski definition) is 1. The second kappa shape index (κ2) is 4.01. The summed E-state index contributed by atoms with van der Waals surface area (Å²) in [4.78, 5) is 0. The summed E-state index contributed by atoms with van der Waals surface area (Å²) >= 11 is 11.5. The monoisotopic (exact) mass is 203 g/mol. The van der Waals surface area contributed by atoms with Gasteiger partial charge in [0.2, 0.25) is 0 Å². The normalized spacial score (nSPS) is 10.4. The number of halogens is 2. The van der Waals surface area contributed by atoms with Crippen molar-refractivity contribution in [3.8, 4) is 5.75 Å². The quantitative estimate of drug-likeness (QED) is 0.715. The molecule has 3 heteroatoms. The van der Waals surface area contributed by atoms with E-state index in [0.29, 0.717) is 15.8 Å². The van der Waals surface area contributed by atoms with Crippen LogP contribution >= 0.6 is 23.2 Å². The third-order valence-corrected chi connectivity index (χ3v) is 1.97. The molecule has 1 atom stereocenters. The predicted molar refractivity (Wildman–Crippen MR) is 51.9 cm³/mol. The molecule has 0 amide bonds. The lowest BCUT2D eigenvalue weighted by atomic mass is 10.3. The summed E-state index contributed by atoms with van der Waals surface area (Å²) in [6.07, 6.45) is -0.0951. The second-order valence-electron chi connectivity index (χ2n) is 2.50. The number of rotatable bonds is 2. The highest BCUT2D eigenvalue weighted by Crippen LogP contribution is 2.26. The lowest BCUT2D eigenvalue weighted by Gasteiger charge is -2.09. The van der Waals surface area contributed by atoms with Crippen LogP contribution in [0.5, 0.6) is 5.75 Å². The van der Waals surface area contributed by atoms with Crippen molar-refractivity contribution in [3.05, 3.63) is 35.2 Å². The summed E-state index contributed by atoms with van der Waals surface area (Å²) in [5.74, 6) is 0.687. The maximum Gasteiger partial charge on any atom is 0.121 e. The highest BCUT2D eigenvalue weighted by molar-refractivity contribution is 6.42. The van der Waals surface area contributed by atoms with Crippen LogP contribution in [0, 0.1) is 6.92 Å². The zero-order chi connectivity index (χ0) is 9.14. The van der Waals surface area contributed by atoms with Crippen LogP contribution in [0.25, 0.3) is 0 Å².